The second kappa shape index (κ2) is 5.56. The van der Waals surface area contributed by atoms with E-state index in [1.807, 2.05) is 29.0 Å². The number of hydrogen-bond donors (Lipinski definition) is 0. The van der Waals surface area contributed by atoms with Crippen LogP contribution in [0.1, 0.15) is 23.4 Å². The lowest BCUT2D eigenvalue weighted by atomic mass is 10.00. The van der Waals surface area contributed by atoms with Gasteiger partial charge in [0.1, 0.15) is 11.6 Å². The van der Waals surface area contributed by atoms with Crippen LogP contribution in [-0.2, 0) is 19.5 Å². The van der Waals surface area contributed by atoms with Crippen LogP contribution in [0.3, 0.4) is 0 Å². The summed E-state index contributed by atoms with van der Waals surface area (Å²) in [4.78, 5) is 8.83. The summed E-state index contributed by atoms with van der Waals surface area (Å²) in [5.74, 6) is -2.25. The predicted molar refractivity (Wildman–Crippen MR) is 92.6 cm³/mol. The molecule has 6 heteroatoms. The van der Waals surface area contributed by atoms with Gasteiger partial charge in [0, 0.05) is 36.4 Å². The summed E-state index contributed by atoms with van der Waals surface area (Å²) in [6.45, 7) is 1.38. The molecule has 0 unspecified atom stereocenters. The van der Waals surface area contributed by atoms with E-state index in [1.54, 1.807) is 0 Å². The average Bonchev–Trinajstić information content (AvgIpc) is 3.32. The largest absolute Gasteiger partial charge is 0.327 e. The fourth-order valence-corrected chi connectivity index (χ4v) is 3.77. The molecule has 3 nitrogen and oxygen atoms in total. The van der Waals surface area contributed by atoms with Gasteiger partial charge < -0.3 is 4.57 Å². The number of benzene rings is 2. The SMILES string of the molecule is Fc1cc(F)c(-c2nc3n(c2-c2ccc4c(c2)CN=C4)CCC3)cc1F. The zero-order chi connectivity index (χ0) is 17.8. The lowest BCUT2D eigenvalue weighted by molar-refractivity contribution is 0.496. The van der Waals surface area contributed by atoms with Gasteiger partial charge in [-0.15, -0.1) is 0 Å². The molecule has 1 aromatic heterocycles. The summed E-state index contributed by atoms with van der Waals surface area (Å²) in [5.41, 5.74) is 4.13. The number of fused-ring (bicyclic) bond motifs is 2. The van der Waals surface area contributed by atoms with E-state index >= 15 is 0 Å². The zero-order valence-electron chi connectivity index (χ0n) is 13.8. The summed E-state index contributed by atoms with van der Waals surface area (Å²) >= 11 is 0. The summed E-state index contributed by atoms with van der Waals surface area (Å²) in [5, 5.41) is 0. The van der Waals surface area contributed by atoms with Crippen molar-refractivity contribution < 1.29 is 13.2 Å². The number of halogens is 3. The average molecular weight is 353 g/mol. The molecule has 2 aromatic carbocycles. The van der Waals surface area contributed by atoms with E-state index in [4.69, 9.17) is 0 Å². The molecular formula is C20H14F3N3. The minimum Gasteiger partial charge on any atom is -0.327 e. The highest BCUT2D eigenvalue weighted by molar-refractivity contribution is 5.87. The number of imidazole rings is 1. The summed E-state index contributed by atoms with van der Waals surface area (Å²) in [7, 11) is 0. The van der Waals surface area contributed by atoms with Crippen LogP contribution in [0.5, 0.6) is 0 Å². The smallest absolute Gasteiger partial charge is 0.161 e. The quantitative estimate of drug-likeness (QED) is 0.623. The van der Waals surface area contributed by atoms with E-state index in [0.717, 1.165) is 53.7 Å². The first-order valence-corrected chi connectivity index (χ1v) is 8.49. The summed E-state index contributed by atoms with van der Waals surface area (Å²) < 4.78 is 43.6. The van der Waals surface area contributed by atoms with Gasteiger partial charge in [-0.1, -0.05) is 12.1 Å². The van der Waals surface area contributed by atoms with E-state index < -0.39 is 17.5 Å². The molecule has 2 aliphatic rings. The number of aromatic nitrogens is 2. The number of aliphatic imine (C=N–C) groups is 1. The molecule has 0 aliphatic carbocycles. The second-order valence-electron chi connectivity index (χ2n) is 6.61. The molecule has 5 rings (SSSR count). The number of hydrogen-bond acceptors (Lipinski definition) is 2. The molecule has 2 aliphatic heterocycles. The van der Waals surface area contributed by atoms with Crippen LogP contribution in [0.4, 0.5) is 13.2 Å². The van der Waals surface area contributed by atoms with Gasteiger partial charge in [-0.2, -0.15) is 0 Å². The first kappa shape index (κ1) is 15.4. The van der Waals surface area contributed by atoms with Gasteiger partial charge in [0.2, 0.25) is 0 Å². The Morgan fingerprint density at radius 3 is 2.69 bits per heavy atom. The topological polar surface area (TPSA) is 30.2 Å². The van der Waals surface area contributed by atoms with E-state index in [1.165, 1.54) is 0 Å². The third kappa shape index (κ3) is 2.21. The van der Waals surface area contributed by atoms with E-state index in [2.05, 4.69) is 9.98 Å². The van der Waals surface area contributed by atoms with Crippen molar-refractivity contribution in [3.63, 3.8) is 0 Å². The molecule has 26 heavy (non-hydrogen) atoms. The number of rotatable bonds is 2. The van der Waals surface area contributed by atoms with Gasteiger partial charge in [0.15, 0.2) is 11.6 Å². The van der Waals surface area contributed by atoms with Crippen molar-refractivity contribution in [1.29, 1.82) is 0 Å². The lowest BCUT2D eigenvalue weighted by Gasteiger charge is -2.11. The van der Waals surface area contributed by atoms with E-state index in [-0.39, 0.29) is 5.56 Å². The van der Waals surface area contributed by atoms with Crippen molar-refractivity contribution in [1.82, 2.24) is 9.55 Å². The van der Waals surface area contributed by atoms with Gasteiger partial charge >= 0.3 is 0 Å². The molecule has 0 fully saturated rings. The minimum atomic E-state index is -1.20. The molecule has 0 saturated heterocycles. The van der Waals surface area contributed by atoms with Crippen LogP contribution in [-0.4, -0.2) is 15.8 Å². The molecule has 3 aromatic rings. The van der Waals surface area contributed by atoms with E-state index in [0.29, 0.717) is 18.3 Å². The zero-order valence-corrected chi connectivity index (χ0v) is 13.8. The molecule has 0 amide bonds. The molecule has 130 valence electrons. The molecule has 0 spiro atoms. The van der Waals surface area contributed by atoms with Gasteiger partial charge in [-0.25, -0.2) is 18.2 Å². The monoisotopic (exact) mass is 353 g/mol. The van der Waals surface area contributed by atoms with E-state index in [9.17, 15) is 13.2 Å². The first-order valence-electron chi connectivity index (χ1n) is 8.49. The Morgan fingerprint density at radius 1 is 0.962 bits per heavy atom. The Bertz CT molecular complexity index is 1080. The summed E-state index contributed by atoms with van der Waals surface area (Å²) in [6.07, 6.45) is 3.58. The van der Waals surface area contributed by atoms with Crippen molar-refractivity contribution in [2.45, 2.75) is 25.9 Å². The normalized spacial score (nSPS) is 14.7. The highest BCUT2D eigenvalue weighted by Gasteiger charge is 2.26. The standard InChI is InChI=1S/C20H14F3N3/c21-15-8-17(23)16(22)7-14(15)19-20(26-5-1-2-18(26)25-19)11-3-4-12-9-24-10-13(12)6-11/h3-4,6-9H,1-2,5,10H2. The lowest BCUT2D eigenvalue weighted by Crippen LogP contribution is -1.99. The Morgan fingerprint density at radius 2 is 1.81 bits per heavy atom. The molecule has 0 atom stereocenters. The van der Waals surface area contributed by atoms with Crippen molar-refractivity contribution in [2.75, 3.05) is 0 Å². The van der Waals surface area contributed by atoms with Gasteiger partial charge in [0.25, 0.3) is 0 Å². The summed E-state index contributed by atoms with van der Waals surface area (Å²) in [6, 6.07) is 7.41. The Labute approximate surface area is 147 Å². The van der Waals surface area contributed by atoms with Crippen LogP contribution >= 0.6 is 0 Å². The Hall–Kier alpha value is -2.89. The van der Waals surface area contributed by atoms with Crippen molar-refractivity contribution in [3.05, 3.63) is 64.7 Å². The minimum absolute atomic E-state index is 0.0162. The molecule has 0 bridgehead atoms. The van der Waals surface area contributed by atoms with Crippen LogP contribution < -0.4 is 0 Å². The van der Waals surface area contributed by atoms with Crippen LogP contribution in [0.15, 0.2) is 35.3 Å². The molecule has 0 saturated carbocycles. The Kier molecular flexibility index (Phi) is 3.29. The Balaban J connectivity index is 1.75. The number of aryl methyl sites for hydroxylation is 1. The highest BCUT2D eigenvalue weighted by Crippen LogP contribution is 2.38. The fourth-order valence-electron chi connectivity index (χ4n) is 3.77. The molecular weight excluding hydrogens is 339 g/mol. The molecule has 0 radical (unpaired) electrons. The second-order valence-corrected chi connectivity index (χ2v) is 6.61. The predicted octanol–water partition coefficient (Wildman–Crippen LogP) is 4.51. The highest BCUT2D eigenvalue weighted by atomic mass is 19.2. The maximum atomic E-state index is 14.4. The van der Waals surface area contributed by atoms with Crippen molar-refractivity contribution in [3.8, 4) is 22.5 Å². The van der Waals surface area contributed by atoms with Crippen LogP contribution in [0, 0.1) is 17.5 Å². The number of nitrogens with zero attached hydrogens (tertiary/aromatic N) is 3. The van der Waals surface area contributed by atoms with Crippen molar-refractivity contribution in [2.24, 2.45) is 4.99 Å². The maximum absolute atomic E-state index is 14.4. The third-order valence-corrected chi connectivity index (χ3v) is 5.00. The fraction of sp³-hybridized carbons (Fsp3) is 0.200. The van der Waals surface area contributed by atoms with Crippen LogP contribution in [0.25, 0.3) is 22.5 Å². The molecule has 0 N–H and O–H groups in total. The molecule has 3 heterocycles. The van der Waals surface area contributed by atoms with Crippen molar-refractivity contribution >= 4 is 6.21 Å². The maximum Gasteiger partial charge on any atom is 0.161 e. The van der Waals surface area contributed by atoms with Gasteiger partial charge in [0.05, 0.1) is 17.9 Å². The third-order valence-electron chi connectivity index (χ3n) is 5.00. The van der Waals surface area contributed by atoms with Crippen LogP contribution in [0.2, 0.25) is 0 Å². The van der Waals surface area contributed by atoms with Gasteiger partial charge in [-0.3, -0.25) is 4.99 Å². The van der Waals surface area contributed by atoms with Gasteiger partial charge in [-0.05, 0) is 29.7 Å². The first-order chi connectivity index (χ1) is 12.6.